The van der Waals surface area contributed by atoms with Gasteiger partial charge in [0.25, 0.3) is 11.7 Å². The second-order valence-electron chi connectivity index (χ2n) is 7.80. The van der Waals surface area contributed by atoms with E-state index in [2.05, 4.69) is 4.98 Å². The van der Waals surface area contributed by atoms with Gasteiger partial charge in [-0.05, 0) is 79.9 Å². The summed E-state index contributed by atoms with van der Waals surface area (Å²) in [6.45, 7) is 6.13. The number of pyridine rings is 1. The summed E-state index contributed by atoms with van der Waals surface area (Å²) in [5.41, 5.74) is 3.62. The standard InChI is InChI=1S/C26H23ClN2O4/c1-4-33-21-14-18(6-8-20(21)27)24(30)22-23(17-9-11-28-12-10-17)29(26(32)25(22)31)19-7-5-15(2)16(3)13-19/h5-14,23,30H,4H2,1-3H3/b24-22+. The fraction of sp³-hybridized carbons (Fsp3) is 0.192. The average molecular weight is 463 g/mol. The third-order valence-corrected chi connectivity index (χ3v) is 6.05. The zero-order valence-corrected chi connectivity index (χ0v) is 19.3. The Bertz CT molecular complexity index is 1270. The van der Waals surface area contributed by atoms with Gasteiger partial charge in [0.2, 0.25) is 0 Å². The van der Waals surface area contributed by atoms with Crippen LogP contribution in [0.2, 0.25) is 5.02 Å². The highest BCUT2D eigenvalue weighted by atomic mass is 35.5. The lowest BCUT2D eigenvalue weighted by molar-refractivity contribution is -0.132. The van der Waals surface area contributed by atoms with Crippen LogP contribution in [0, 0.1) is 13.8 Å². The van der Waals surface area contributed by atoms with Gasteiger partial charge in [0.15, 0.2) is 0 Å². The summed E-state index contributed by atoms with van der Waals surface area (Å²) in [7, 11) is 0. The number of benzene rings is 2. The molecule has 2 heterocycles. The number of anilines is 1. The lowest BCUT2D eigenvalue weighted by Gasteiger charge is -2.26. The number of carbonyl (C=O) groups excluding carboxylic acids is 2. The van der Waals surface area contributed by atoms with Crippen LogP contribution in [-0.4, -0.2) is 28.4 Å². The van der Waals surface area contributed by atoms with Crippen LogP contribution in [0.5, 0.6) is 5.75 Å². The molecule has 168 valence electrons. The molecule has 33 heavy (non-hydrogen) atoms. The molecule has 1 amide bonds. The smallest absolute Gasteiger partial charge is 0.300 e. The molecule has 0 saturated carbocycles. The van der Waals surface area contributed by atoms with Gasteiger partial charge in [0, 0.05) is 23.6 Å². The van der Waals surface area contributed by atoms with Gasteiger partial charge in [-0.15, -0.1) is 0 Å². The number of ketones is 1. The van der Waals surface area contributed by atoms with Crippen LogP contribution in [-0.2, 0) is 9.59 Å². The van der Waals surface area contributed by atoms with Crippen molar-refractivity contribution >= 4 is 34.7 Å². The molecule has 1 aromatic heterocycles. The molecule has 1 N–H and O–H groups in total. The van der Waals surface area contributed by atoms with Gasteiger partial charge < -0.3 is 9.84 Å². The highest BCUT2D eigenvalue weighted by Gasteiger charge is 2.47. The van der Waals surface area contributed by atoms with E-state index in [9.17, 15) is 14.7 Å². The highest BCUT2D eigenvalue weighted by Crippen LogP contribution is 2.43. The second-order valence-corrected chi connectivity index (χ2v) is 8.20. The number of aliphatic hydroxyl groups is 1. The number of rotatable bonds is 5. The summed E-state index contributed by atoms with van der Waals surface area (Å²) in [5, 5.41) is 11.6. The molecule has 0 bridgehead atoms. The maximum Gasteiger partial charge on any atom is 0.300 e. The van der Waals surface area contributed by atoms with E-state index in [0.717, 1.165) is 11.1 Å². The van der Waals surface area contributed by atoms with Crippen LogP contribution in [0.4, 0.5) is 5.69 Å². The number of hydrogen-bond acceptors (Lipinski definition) is 5. The summed E-state index contributed by atoms with van der Waals surface area (Å²) < 4.78 is 5.53. The largest absolute Gasteiger partial charge is 0.507 e. The van der Waals surface area contributed by atoms with Crippen molar-refractivity contribution in [1.29, 1.82) is 0 Å². The van der Waals surface area contributed by atoms with E-state index < -0.39 is 17.7 Å². The van der Waals surface area contributed by atoms with Gasteiger partial charge in [-0.25, -0.2) is 0 Å². The molecule has 0 radical (unpaired) electrons. The molecule has 3 aromatic rings. The number of aryl methyl sites for hydroxylation is 2. The molecule has 0 aliphatic carbocycles. The molecule has 1 saturated heterocycles. The maximum absolute atomic E-state index is 13.2. The Kier molecular flexibility index (Phi) is 6.20. The summed E-state index contributed by atoms with van der Waals surface area (Å²) in [6, 6.07) is 12.9. The molecule has 1 unspecified atom stereocenters. The number of nitrogens with zero attached hydrogens (tertiary/aromatic N) is 2. The number of Topliss-reactive ketones (excluding diaryl/α,β-unsaturated/α-hetero) is 1. The van der Waals surface area contributed by atoms with E-state index in [4.69, 9.17) is 16.3 Å². The van der Waals surface area contributed by atoms with Crippen LogP contribution >= 0.6 is 11.6 Å². The van der Waals surface area contributed by atoms with Crippen molar-refractivity contribution < 1.29 is 19.4 Å². The zero-order valence-electron chi connectivity index (χ0n) is 18.5. The molecular weight excluding hydrogens is 440 g/mol. The van der Waals surface area contributed by atoms with E-state index >= 15 is 0 Å². The number of aromatic nitrogens is 1. The van der Waals surface area contributed by atoms with Crippen LogP contribution in [0.25, 0.3) is 5.76 Å². The van der Waals surface area contributed by atoms with Gasteiger partial charge in [0.05, 0.1) is 23.2 Å². The molecule has 4 rings (SSSR count). The molecule has 1 fully saturated rings. The first-order valence-corrected chi connectivity index (χ1v) is 10.9. The number of amides is 1. The third-order valence-electron chi connectivity index (χ3n) is 5.74. The van der Waals surface area contributed by atoms with Crippen LogP contribution in [0.15, 0.2) is 66.5 Å². The zero-order chi connectivity index (χ0) is 23.7. The molecule has 2 aromatic carbocycles. The number of carbonyl (C=O) groups is 2. The van der Waals surface area contributed by atoms with Gasteiger partial charge in [-0.3, -0.25) is 19.5 Å². The Labute approximate surface area is 197 Å². The molecular formula is C26H23ClN2O4. The quantitative estimate of drug-likeness (QED) is 0.313. The summed E-state index contributed by atoms with van der Waals surface area (Å²) in [5.74, 6) is -1.38. The molecule has 1 aliphatic rings. The maximum atomic E-state index is 13.2. The number of hydrogen-bond donors (Lipinski definition) is 1. The first-order valence-electron chi connectivity index (χ1n) is 10.5. The van der Waals surface area contributed by atoms with Crippen molar-refractivity contribution in [2.24, 2.45) is 0 Å². The Balaban J connectivity index is 1.93. The lowest BCUT2D eigenvalue weighted by Crippen LogP contribution is -2.29. The normalized spacial score (nSPS) is 17.5. The van der Waals surface area contributed by atoms with Crippen LogP contribution in [0.1, 0.15) is 35.2 Å². The Morgan fingerprint density at radius 2 is 1.79 bits per heavy atom. The van der Waals surface area contributed by atoms with E-state index in [1.165, 1.54) is 4.90 Å². The third kappa shape index (κ3) is 4.10. The van der Waals surface area contributed by atoms with E-state index in [0.29, 0.717) is 34.2 Å². The molecule has 6 nitrogen and oxygen atoms in total. The topological polar surface area (TPSA) is 79.7 Å². The van der Waals surface area contributed by atoms with Gasteiger partial charge >= 0.3 is 0 Å². The summed E-state index contributed by atoms with van der Waals surface area (Å²) in [6.07, 6.45) is 3.18. The van der Waals surface area contributed by atoms with Crippen molar-refractivity contribution in [1.82, 2.24) is 4.98 Å². The molecule has 0 spiro atoms. The van der Waals surface area contributed by atoms with Gasteiger partial charge in [-0.1, -0.05) is 17.7 Å². The molecule has 1 atom stereocenters. The Morgan fingerprint density at radius 3 is 2.45 bits per heavy atom. The summed E-state index contributed by atoms with van der Waals surface area (Å²) >= 11 is 6.19. The number of halogens is 1. The average Bonchev–Trinajstić information content (AvgIpc) is 3.08. The van der Waals surface area contributed by atoms with Crippen LogP contribution in [0.3, 0.4) is 0 Å². The van der Waals surface area contributed by atoms with E-state index in [-0.39, 0.29) is 11.3 Å². The van der Waals surface area contributed by atoms with Gasteiger partial charge in [-0.2, -0.15) is 0 Å². The van der Waals surface area contributed by atoms with Crippen LogP contribution < -0.4 is 9.64 Å². The van der Waals surface area contributed by atoms with Crippen molar-refractivity contribution in [2.45, 2.75) is 26.8 Å². The predicted molar refractivity (Wildman–Crippen MR) is 128 cm³/mol. The second kappa shape index (κ2) is 9.08. The monoisotopic (exact) mass is 462 g/mol. The highest BCUT2D eigenvalue weighted by molar-refractivity contribution is 6.51. The van der Waals surface area contributed by atoms with Crippen molar-refractivity contribution in [3.05, 3.63) is 93.8 Å². The fourth-order valence-corrected chi connectivity index (χ4v) is 4.08. The Morgan fingerprint density at radius 1 is 1.06 bits per heavy atom. The predicted octanol–water partition coefficient (Wildman–Crippen LogP) is 5.38. The lowest BCUT2D eigenvalue weighted by atomic mass is 9.95. The van der Waals surface area contributed by atoms with Gasteiger partial charge in [0.1, 0.15) is 11.5 Å². The van der Waals surface area contributed by atoms with E-state index in [1.807, 2.05) is 32.9 Å². The minimum atomic E-state index is -0.818. The summed E-state index contributed by atoms with van der Waals surface area (Å²) in [4.78, 5) is 31.9. The first-order chi connectivity index (χ1) is 15.8. The first kappa shape index (κ1) is 22.6. The van der Waals surface area contributed by atoms with Crippen molar-refractivity contribution in [2.75, 3.05) is 11.5 Å². The number of aliphatic hydroxyl groups excluding tert-OH is 1. The minimum absolute atomic E-state index is 0.00537. The van der Waals surface area contributed by atoms with E-state index in [1.54, 1.807) is 48.8 Å². The fourth-order valence-electron chi connectivity index (χ4n) is 3.91. The van der Waals surface area contributed by atoms with Crippen molar-refractivity contribution in [3.8, 4) is 5.75 Å². The SMILES string of the molecule is CCOc1cc(/C(O)=C2\C(=O)C(=O)N(c3ccc(C)c(C)c3)C2c2ccncc2)ccc1Cl. The Hall–Kier alpha value is -3.64. The number of ether oxygens (including phenoxy) is 1. The van der Waals surface area contributed by atoms with Crippen molar-refractivity contribution in [3.63, 3.8) is 0 Å². The minimum Gasteiger partial charge on any atom is -0.507 e. The molecule has 1 aliphatic heterocycles. The molecule has 7 heteroatoms.